The van der Waals surface area contributed by atoms with Gasteiger partial charge in [0, 0.05) is 18.2 Å². The fraction of sp³-hybridized carbons (Fsp3) is 0.611. The number of carbonyl (C=O) groups excluding carboxylic acids is 1. The molecule has 1 saturated carbocycles. The molecule has 0 aromatic carbocycles. The van der Waals surface area contributed by atoms with Gasteiger partial charge in [-0.3, -0.25) is 4.40 Å². The van der Waals surface area contributed by atoms with Crippen molar-refractivity contribution in [1.82, 2.24) is 19.9 Å². The van der Waals surface area contributed by atoms with Crippen LogP contribution >= 0.6 is 0 Å². The number of fused-ring (bicyclic) bond motifs is 1. The largest absolute Gasteiger partial charge is 0.444 e. The molecule has 0 bridgehead atoms. The van der Waals surface area contributed by atoms with Gasteiger partial charge in [-0.2, -0.15) is 13.2 Å². The fourth-order valence-electron chi connectivity index (χ4n) is 3.46. The maximum atomic E-state index is 13.2. The molecule has 1 aliphatic carbocycles. The van der Waals surface area contributed by atoms with Crippen molar-refractivity contribution in [1.29, 1.82) is 0 Å². The first-order chi connectivity index (χ1) is 12.5. The van der Waals surface area contributed by atoms with Crippen molar-refractivity contribution in [3.63, 3.8) is 0 Å². The number of amides is 1. The zero-order valence-corrected chi connectivity index (χ0v) is 15.5. The maximum absolute atomic E-state index is 13.2. The van der Waals surface area contributed by atoms with Gasteiger partial charge in [-0.25, -0.2) is 4.79 Å². The van der Waals surface area contributed by atoms with Crippen LogP contribution in [0.1, 0.15) is 63.8 Å². The first-order valence-corrected chi connectivity index (χ1v) is 8.95. The van der Waals surface area contributed by atoms with Crippen LogP contribution in [-0.2, 0) is 10.9 Å². The van der Waals surface area contributed by atoms with E-state index in [-0.39, 0.29) is 17.6 Å². The highest BCUT2D eigenvalue weighted by molar-refractivity contribution is 5.68. The average Bonchev–Trinajstić information content (AvgIpc) is 2.96. The highest BCUT2D eigenvalue weighted by Crippen LogP contribution is 2.35. The zero-order chi connectivity index (χ0) is 19.8. The topological polar surface area (TPSA) is 68.5 Å². The maximum Gasteiger partial charge on any atom is 0.420 e. The van der Waals surface area contributed by atoms with Gasteiger partial charge in [-0.15, -0.1) is 10.2 Å². The number of aromatic nitrogens is 3. The van der Waals surface area contributed by atoms with Crippen LogP contribution in [0, 0.1) is 0 Å². The molecule has 0 radical (unpaired) electrons. The highest BCUT2D eigenvalue weighted by atomic mass is 19.4. The molecule has 0 saturated heterocycles. The number of halogens is 3. The summed E-state index contributed by atoms with van der Waals surface area (Å²) < 4.78 is 46.2. The van der Waals surface area contributed by atoms with Gasteiger partial charge in [0.1, 0.15) is 17.0 Å². The van der Waals surface area contributed by atoms with E-state index in [4.69, 9.17) is 4.74 Å². The van der Waals surface area contributed by atoms with Crippen molar-refractivity contribution in [2.24, 2.45) is 0 Å². The van der Waals surface area contributed by atoms with E-state index in [9.17, 15) is 18.0 Å². The Morgan fingerprint density at radius 2 is 2.00 bits per heavy atom. The fourth-order valence-corrected chi connectivity index (χ4v) is 3.46. The molecule has 2 atom stereocenters. The van der Waals surface area contributed by atoms with E-state index >= 15 is 0 Å². The lowest BCUT2D eigenvalue weighted by Gasteiger charge is -2.30. The lowest BCUT2D eigenvalue weighted by atomic mass is 9.85. The standard InChI is InChI=1S/C18H23F3N4O2/c1-17(2,3)27-16(26)22-12-7-4-6-11(10-12)14-23-24-15-13(18(19,20)21)8-5-9-25(14)15/h5,8-9,11-12H,4,6-7,10H2,1-3H3,(H,22,26)/t11-,12+/m0/s1. The molecule has 27 heavy (non-hydrogen) atoms. The number of alkyl halides is 3. The van der Waals surface area contributed by atoms with E-state index < -0.39 is 23.4 Å². The Hall–Kier alpha value is -2.32. The van der Waals surface area contributed by atoms with Crippen LogP contribution in [0.3, 0.4) is 0 Å². The van der Waals surface area contributed by atoms with Gasteiger partial charge < -0.3 is 10.1 Å². The summed E-state index contributed by atoms with van der Waals surface area (Å²) in [7, 11) is 0. The molecule has 148 valence electrons. The van der Waals surface area contributed by atoms with E-state index in [0.717, 1.165) is 25.3 Å². The molecule has 2 heterocycles. The zero-order valence-electron chi connectivity index (χ0n) is 15.5. The molecule has 0 spiro atoms. The molecule has 2 aromatic heterocycles. The molecule has 9 heteroatoms. The predicted octanol–water partition coefficient (Wildman–Crippen LogP) is 4.30. The second-order valence-electron chi connectivity index (χ2n) is 7.88. The Kier molecular flexibility index (Phi) is 5.05. The second kappa shape index (κ2) is 7.01. The number of rotatable bonds is 2. The summed E-state index contributed by atoms with van der Waals surface area (Å²) in [5.74, 6) is 0.406. The third-order valence-corrected chi connectivity index (χ3v) is 4.53. The summed E-state index contributed by atoms with van der Waals surface area (Å²) in [5.41, 5.74) is -1.58. The molecule has 6 nitrogen and oxygen atoms in total. The minimum atomic E-state index is -4.49. The number of nitrogens with zero attached hydrogens (tertiary/aromatic N) is 3. The van der Waals surface area contributed by atoms with Gasteiger partial charge in [-0.05, 0) is 52.2 Å². The molecule has 0 unspecified atom stereocenters. The third-order valence-electron chi connectivity index (χ3n) is 4.53. The van der Waals surface area contributed by atoms with Crippen molar-refractivity contribution in [3.05, 3.63) is 29.7 Å². The van der Waals surface area contributed by atoms with Gasteiger partial charge in [0.25, 0.3) is 0 Å². The predicted molar refractivity (Wildman–Crippen MR) is 92.4 cm³/mol. The molecular formula is C18H23F3N4O2. The summed E-state index contributed by atoms with van der Waals surface area (Å²) in [6.07, 6.45) is -0.442. The van der Waals surface area contributed by atoms with Crippen LogP contribution in [0.2, 0.25) is 0 Å². The highest BCUT2D eigenvalue weighted by Gasteiger charge is 2.35. The molecule has 2 aromatic rings. The molecule has 1 aliphatic rings. The second-order valence-corrected chi connectivity index (χ2v) is 7.88. The van der Waals surface area contributed by atoms with Crippen LogP contribution in [0.5, 0.6) is 0 Å². The molecule has 1 amide bonds. The number of hydrogen-bond donors (Lipinski definition) is 1. The van der Waals surface area contributed by atoms with Gasteiger partial charge in [-0.1, -0.05) is 6.42 Å². The Balaban J connectivity index is 1.78. The lowest BCUT2D eigenvalue weighted by molar-refractivity contribution is -0.136. The van der Waals surface area contributed by atoms with E-state index in [0.29, 0.717) is 12.2 Å². The number of hydrogen-bond acceptors (Lipinski definition) is 4. The molecule has 1 N–H and O–H groups in total. The SMILES string of the molecule is CC(C)(C)OC(=O)N[C@@H]1CCC[C@H](c2nnc3c(C(F)(F)F)cccn23)C1. The molecule has 1 fully saturated rings. The van der Waals surface area contributed by atoms with Gasteiger partial charge in [0.15, 0.2) is 5.65 Å². The number of nitrogens with one attached hydrogen (secondary N) is 1. The minimum Gasteiger partial charge on any atom is -0.444 e. The Morgan fingerprint density at radius 3 is 2.67 bits per heavy atom. The van der Waals surface area contributed by atoms with Crippen LogP contribution in [-0.4, -0.2) is 32.3 Å². The van der Waals surface area contributed by atoms with E-state index in [1.54, 1.807) is 27.0 Å². The van der Waals surface area contributed by atoms with Crippen LogP contribution < -0.4 is 5.32 Å². The van der Waals surface area contributed by atoms with E-state index in [1.807, 2.05) is 0 Å². The van der Waals surface area contributed by atoms with Crippen molar-refractivity contribution in [3.8, 4) is 0 Å². The van der Waals surface area contributed by atoms with Crippen LogP contribution in [0.15, 0.2) is 18.3 Å². The normalized spacial score (nSPS) is 21.3. The van der Waals surface area contributed by atoms with Crippen molar-refractivity contribution < 1.29 is 22.7 Å². The van der Waals surface area contributed by atoms with Crippen molar-refractivity contribution in [2.45, 2.75) is 70.2 Å². The smallest absolute Gasteiger partial charge is 0.420 e. The summed E-state index contributed by atoms with van der Waals surface area (Å²) in [6.45, 7) is 5.37. The van der Waals surface area contributed by atoms with Crippen LogP contribution in [0.4, 0.5) is 18.0 Å². The molecule has 3 rings (SSSR count). The van der Waals surface area contributed by atoms with E-state index in [1.165, 1.54) is 10.5 Å². The van der Waals surface area contributed by atoms with E-state index in [2.05, 4.69) is 15.5 Å². The first kappa shape index (κ1) is 19.4. The summed E-state index contributed by atoms with van der Waals surface area (Å²) in [4.78, 5) is 12.0. The first-order valence-electron chi connectivity index (χ1n) is 8.95. The summed E-state index contributed by atoms with van der Waals surface area (Å²) in [5, 5.41) is 10.7. The number of carbonyl (C=O) groups is 1. The monoisotopic (exact) mass is 384 g/mol. The van der Waals surface area contributed by atoms with Gasteiger partial charge >= 0.3 is 12.3 Å². The number of ether oxygens (including phenoxy) is 1. The Morgan fingerprint density at radius 1 is 1.26 bits per heavy atom. The summed E-state index contributed by atoms with van der Waals surface area (Å²) >= 11 is 0. The quantitative estimate of drug-likeness (QED) is 0.838. The Labute approximate surface area is 155 Å². The molecule has 0 aliphatic heterocycles. The van der Waals surface area contributed by atoms with Crippen LogP contribution in [0.25, 0.3) is 5.65 Å². The Bertz CT molecular complexity index is 826. The lowest BCUT2D eigenvalue weighted by Crippen LogP contribution is -2.41. The average molecular weight is 384 g/mol. The van der Waals surface area contributed by atoms with Crippen molar-refractivity contribution >= 4 is 11.7 Å². The minimum absolute atomic E-state index is 0.0860. The number of pyridine rings is 1. The summed E-state index contributed by atoms with van der Waals surface area (Å²) in [6, 6.07) is 2.24. The third kappa shape index (κ3) is 4.51. The van der Waals surface area contributed by atoms with Crippen molar-refractivity contribution in [2.75, 3.05) is 0 Å². The molecular weight excluding hydrogens is 361 g/mol. The van der Waals surface area contributed by atoms with Gasteiger partial charge in [0.2, 0.25) is 0 Å². The van der Waals surface area contributed by atoms with Gasteiger partial charge in [0.05, 0.1) is 0 Å². The number of alkyl carbamates (subject to hydrolysis) is 1.